The van der Waals surface area contributed by atoms with E-state index in [0.29, 0.717) is 0 Å². The number of alkyl halides is 6. The molecule has 116 valence electrons. The van der Waals surface area contributed by atoms with Crippen LogP contribution in [0.4, 0.5) is 32.2 Å². The van der Waals surface area contributed by atoms with Crippen molar-refractivity contribution >= 4 is 21.9 Å². The van der Waals surface area contributed by atoms with Gasteiger partial charge < -0.3 is 5.73 Å². The lowest BCUT2D eigenvalue weighted by molar-refractivity contribution is -0.167. The van der Waals surface area contributed by atoms with Crippen LogP contribution in [0.3, 0.4) is 0 Å². The highest BCUT2D eigenvalue weighted by Crippen LogP contribution is 2.39. The Morgan fingerprint density at radius 2 is 1.43 bits per heavy atom. The molecule has 3 N–H and O–H groups in total. The summed E-state index contributed by atoms with van der Waals surface area (Å²) in [6, 6.07) is 0. The number of nitrogens with one attached hydrogen (secondary N) is 1. The Bertz CT molecular complexity index is 737. The first-order valence-electron chi connectivity index (χ1n) is 4.76. The van der Waals surface area contributed by atoms with E-state index in [4.69, 9.17) is 5.73 Å². The van der Waals surface area contributed by atoms with Gasteiger partial charge in [0.05, 0.1) is 0 Å². The van der Waals surface area contributed by atoms with Crippen LogP contribution in [0.1, 0.15) is 17.1 Å². The molecule has 0 atom stereocenters. The molecule has 0 fully saturated rings. The third-order valence-electron chi connectivity index (χ3n) is 2.12. The molecule has 1 aromatic rings. The minimum Gasteiger partial charge on any atom is -0.381 e. The summed E-state index contributed by atoms with van der Waals surface area (Å²) in [7, 11) is -4.49. The summed E-state index contributed by atoms with van der Waals surface area (Å²) in [5, 5.41) is 0. The summed E-state index contributed by atoms with van der Waals surface area (Å²) < 4.78 is 102. The normalized spacial score (nSPS) is 17.7. The van der Waals surface area contributed by atoms with Crippen molar-refractivity contribution in [1.29, 1.82) is 0 Å². The van der Waals surface area contributed by atoms with Crippen molar-refractivity contribution in [2.75, 3.05) is 4.72 Å². The largest absolute Gasteiger partial charge is 0.435 e. The van der Waals surface area contributed by atoms with E-state index in [1.807, 2.05) is 0 Å². The molecular weight excluding hydrogens is 332 g/mol. The molecule has 0 saturated heterocycles. The summed E-state index contributed by atoms with van der Waals surface area (Å²) in [5.41, 5.74) is -0.590. The predicted molar refractivity (Wildman–Crippen MR) is 55.3 cm³/mol. The predicted octanol–water partition coefficient (Wildman–Crippen LogP) is 0.890. The Hall–Kier alpha value is -2.12. The van der Waals surface area contributed by atoms with Gasteiger partial charge in [0.15, 0.2) is 23.0 Å². The van der Waals surface area contributed by atoms with E-state index in [9.17, 15) is 34.8 Å². The van der Waals surface area contributed by atoms with E-state index in [2.05, 4.69) is 14.4 Å². The molecule has 0 aliphatic carbocycles. The molecular formula is C7H3F6N5O2S. The topological polar surface area (TPSA) is 110 Å². The molecule has 0 aromatic carbocycles. The molecule has 0 radical (unpaired) electrons. The number of hydrogen-bond acceptors (Lipinski definition) is 5. The van der Waals surface area contributed by atoms with Crippen molar-refractivity contribution < 1.29 is 34.8 Å². The first-order valence-corrected chi connectivity index (χ1v) is 6.20. The Morgan fingerprint density at radius 3 is 1.90 bits per heavy atom. The van der Waals surface area contributed by atoms with E-state index < -0.39 is 51.3 Å². The molecule has 0 saturated carbocycles. The summed E-state index contributed by atoms with van der Waals surface area (Å²) in [6.07, 6.45) is -11.0. The highest BCUT2D eigenvalue weighted by Gasteiger charge is 2.48. The van der Waals surface area contributed by atoms with Gasteiger partial charge in [0.1, 0.15) is 5.69 Å². The van der Waals surface area contributed by atoms with E-state index in [1.165, 1.54) is 4.72 Å². The fraction of sp³-hybridized carbons (Fsp3) is 0.286. The van der Waals surface area contributed by atoms with Crippen LogP contribution in [0, 0.1) is 0 Å². The molecule has 0 unspecified atom stereocenters. The van der Waals surface area contributed by atoms with Gasteiger partial charge in [-0.3, -0.25) is 0 Å². The van der Waals surface area contributed by atoms with E-state index in [0.717, 1.165) is 0 Å². The van der Waals surface area contributed by atoms with Crippen molar-refractivity contribution in [1.82, 2.24) is 9.97 Å². The highest BCUT2D eigenvalue weighted by molar-refractivity contribution is 7.91. The molecule has 2 rings (SSSR count). The van der Waals surface area contributed by atoms with Crippen molar-refractivity contribution in [2.45, 2.75) is 12.4 Å². The molecule has 0 amide bonds. The van der Waals surface area contributed by atoms with E-state index >= 15 is 0 Å². The van der Waals surface area contributed by atoms with E-state index in [1.54, 1.807) is 0 Å². The minimum atomic E-state index is -5.50. The quantitative estimate of drug-likeness (QED) is 0.684. The lowest BCUT2D eigenvalue weighted by atomic mass is 10.2. The standard InChI is InChI=1S/C7H3F6N5O2S/c8-6(9,10)2-3(7(11,12)13)16-5-1(15-2)4(14)17-21(19,20)18-5/h(H2,14,17)(H,16,18). The average molecular weight is 335 g/mol. The fourth-order valence-corrected chi connectivity index (χ4v) is 2.18. The van der Waals surface area contributed by atoms with E-state index in [-0.39, 0.29) is 0 Å². The van der Waals surface area contributed by atoms with Gasteiger partial charge in [0.25, 0.3) is 0 Å². The molecule has 1 aliphatic heterocycles. The van der Waals surface area contributed by atoms with Crippen LogP contribution in [-0.2, 0) is 22.6 Å². The van der Waals surface area contributed by atoms with Crippen molar-refractivity contribution in [3.8, 4) is 0 Å². The zero-order chi connectivity index (χ0) is 16.2. The molecule has 14 heteroatoms. The van der Waals surface area contributed by atoms with Crippen molar-refractivity contribution in [2.24, 2.45) is 10.1 Å². The van der Waals surface area contributed by atoms with Gasteiger partial charge in [-0.1, -0.05) is 0 Å². The molecule has 1 aliphatic rings. The van der Waals surface area contributed by atoms with Gasteiger partial charge in [-0.15, -0.1) is 4.40 Å². The summed E-state index contributed by atoms with van der Waals surface area (Å²) in [6.45, 7) is 0. The summed E-state index contributed by atoms with van der Waals surface area (Å²) in [4.78, 5) is 5.35. The Labute approximate surface area is 112 Å². The first-order chi connectivity index (χ1) is 9.31. The van der Waals surface area contributed by atoms with Crippen LogP contribution in [-0.4, -0.2) is 24.2 Å². The highest BCUT2D eigenvalue weighted by atomic mass is 32.2. The monoisotopic (exact) mass is 335 g/mol. The van der Waals surface area contributed by atoms with Gasteiger partial charge in [0, 0.05) is 0 Å². The number of rotatable bonds is 0. The second kappa shape index (κ2) is 4.19. The second-order valence-corrected chi connectivity index (χ2v) is 5.00. The lowest BCUT2D eigenvalue weighted by Crippen LogP contribution is -2.32. The van der Waals surface area contributed by atoms with Crippen LogP contribution < -0.4 is 10.5 Å². The van der Waals surface area contributed by atoms with Crippen molar-refractivity contribution in [3.05, 3.63) is 17.1 Å². The van der Waals surface area contributed by atoms with Gasteiger partial charge in [-0.2, -0.15) is 34.8 Å². The maximum absolute atomic E-state index is 12.6. The van der Waals surface area contributed by atoms with Crippen molar-refractivity contribution in [3.63, 3.8) is 0 Å². The summed E-state index contributed by atoms with van der Waals surface area (Å²) in [5.74, 6) is -2.08. The molecule has 7 nitrogen and oxygen atoms in total. The maximum atomic E-state index is 12.6. The molecule has 1 aromatic heterocycles. The number of fused-ring (bicyclic) bond motifs is 1. The van der Waals surface area contributed by atoms with Gasteiger partial charge >= 0.3 is 22.6 Å². The van der Waals surface area contributed by atoms with Crippen LogP contribution >= 0.6 is 0 Å². The maximum Gasteiger partial charge on any atom is 0.435 e. The molecule has 21 heavy (non-hydrogen) atoms. The van der Waals surface area contributed by atoms with Gasteiger partial charge in [-0.25, -0.2) is 14.7 Å². The van der Waals surface area contributed by atoms with Gasteiger partial charge in [-0.05, 0) is 0 Å². The zero-order valence-electron chi connectivity index (χ0n) is 9.41. The summed E-state index contributed by atoms with van der Waals surface area (Å²) >= 11 is 0. The average Bonchev–Trinajstić information content (AvgIpc) is 2.23. The smallest absolute Gasteiger partial charge is 0.381 e. The Balaban J connectivity index is 2.80. The number of amidine groups is 1. The van der Waals surface area contributed by atoms with Gasteiger partial charge in [0.2, 0.25) is 0 Å². The number of anilines is 1. The number of halogens is 6. The lowest BCUT2D eigenvalue weighted by Gasteiger charge is -2.19. The van der Waals surface area contributed by atoms with Crippen LogP contribution in [0.5, 0.6) is 0 Å². The molecule has 0 spiro atoms. The Morgan fingerprint density at radius 1 is 0.952 bits per heavy atom. The third kappa shape index (κ3) is 2.84. The first kappa shape index (κ1) is 15.3. The molecule has 2 heterocycles. The molecule has 0 bridgehead atoms. The van der Waals surface area contributed by atoms with Crippen LogP contribution in [0.2, 0.25) is 0 Å². The number of nitrogens with two attached hydrogens (primary N) is 1. The zero-order valence-corrected chi connectivity index (χ0v) is 10.2. The fourth-order valence-electron chi connectivity index (χ4n) is 1.40. The van der Waals surface area contributed by atoms with Crippen LogP contribution in [0.25, 0.3) is 0 Å². The Kier molecular flexibility index (Phi) is 3.05. The number of nitrogens with zero attached hydrogens (tertiary/aromatic N) is 3. The van der Waals surface area contributed by atoms with Crippen LogP contribution in [0.15, 0.2) is 4.40 Å². The SMILES string of the molecule is NC1=NS(=O)(=O)Nc2nc(C(F)(F)F)c(C(F)(F)F)nc21. The number of hydrogen-bond donors (Lipinski definition) is 2. The second-order valence-electron chi connectivity index (χ2n) is 3.67. The minimum absolute atomic E-state index is 0.940. The number of aromatic nitrogens is 2. The third-order valence-corrected chi connectivity index (χ3v) is 3.01.